The molecule has 0 spiro atoms. The lowest BCUT2D eigenvalue weighted by Crippen LogP contribution is -2.22. The van der Waals surface area contributed by atoms with Gasteiger partial charge in [-0.15, -0.1) is 0 Å². The van der Waals surface area contributed by atoms with Crippen molar-refractivity contribution in [3.63, 3.8) is 0 Å². The third-order valence-electron chi connectivity index (χ3n) is 3.51. The van der Waals surface area contributed by atoms with Crippen molar-refractivity contribution >= 4 is 21.6 Å². The van der Waals surface area contributed by atoms with Crippen LogP contribution in [0.2, 0.25) is 0 Å². The Kier molecular flexibility index (Phi) is 4.46. The smallest absolute Gasteiger partial charge is 0.0377 e. The van der Waals surface area contributed by atoms with Gasteiger partial charge in [0, 0.05) is 29.3 Å². The molecule has 1 aromatic rings. The third-order valence-corrected chi connectivity index (χ3v) is 4.25. The lowest BCUT2D eigenvalue weighted by molar-refractivity contribution is 0.645. The van der Waals surface area contributed by atoms with E-state index in [0.717, 1.165) is 12.8 Å². The molecular formula is C14H21BrN2. The van der Waals surface area contributed by atoms with E-state index in [2.05, 4.69) is 46.0 Å². The highest BCUT2D eigenvalue weighted by Crippen LogP contribution is 2.27. The molecule has 0 saturated carbocycles. The van der Waals surface area contributed by atoms with Gasteiger partial charge in [0.2, 0.25) is 0 Å². The van der Waals surface area contributed by atoms with E-state index in [-0.39, 0.29) is 6.04 Å². The lowest BCUT2D eigenvalue weighted by Gasteiger charge is -2.19. The van der Waals surface area contributed by atoms with E-state index in [1.165, 1.54) is 41.7 Å². The Balaban J connectivity index is 2.10. The molecule has 1 aromatic carbocycles. The number of rotatable bonds is 4. The van der Waals surface area contributed by atoms with E-state index < -0.39 is 0 Å². The van der Waals surface area contributed by atoms with E-state index in [4.69, 9.17) is 5.73 Å². The first-order valence-corrected chi connectivity index (χ1v) is 7.29. The Labute approximate surface area is 112 Å². The van der Waals surface area contributed by atoms with E-state index in [1.807, 2.05) is 0 Å². The van der Waals surface area contributed by atoms with Gasteiger partial charge in [0.1, 0.15) is 0 Å². The summed E-state index contributed by atoms with van der Waals surface area (Å²) in [6.07, 6.45) is 4.62. The van der Waals surface area contributed by atoms with Crippen LogP contribution < -0.4 is 10.6 Å². The molecule has 0 aliphatic carbocycles. The molecule has 0 amide bonds. The lowest BCUT2D eigenvalue weighted by atomic mass is 10.0. The summed E-state index contributed by atoms with van der Waals surface area (Å²) < 4.78 is 1.20. The van der Waals surface area contributed by atoms with Gasteiger partial charge in [-0.2, -0.15) is 0 Å². The van der Waals surface area contributed by atoms with Crippen LogP contribution in [0.4, 0.5) is 5.69 Å². The summed E-state index contributed by atoms with van der Waals surface area (Å²) in [6, 6.07) is 6.95. The van der Waals surface area contributed by atoms with Crippen molar-refractivity contribution in [3.8, 4) is 0 Å². The van der Waals surface area contributed by atoms with Gasteiger partial charge in [0.25, 0.3) is 0 Å². The zero-order valence-corrected chi connectivity index (χ0v) is 12.0. The van der Waals surface area contributed by atoms with E-state index in [9.17, 15) is 0 Å². The summed E-state index contributed by atoms with van der Waals surface area (Å²) in [4.78, 5) is 2.45. The van der Waals surface area contributed by atoms with E-state index in [1.54, 1.807) is 0 Å². The molecule has 2 N–H and O–H groups in total. The number of halogens is 1. The molecule has 1 aliphatic heterocycles. The topological polar surface area (TPSA) is 29.3 Å². The fourth-order valence-electron chi connectivity index (χ4n) is 2.30. The minimum atomic E-state index is 0.268. The van der Waals surface area contributed by atoms with Crippen molar-refractivity contribution in [1.29, 1.82) is 0 Å². The normalized spacial score (nSPS) is 17.5. The van der Waals surface area contributed by atoms with Gasteiger partial charge in [0.15, 0.2) is 0 Å². The largest absolute Gasteiger partial charge is 0.372 e. The average Bonchev–Trinajstić information content (AvgIpc) is 2.85. The number of nitrogens with two attached hydrogens (primary N) is 1. The van der Waals surface area contributed by atoms with Gasteiger partial charge < -0.3 is 10.6 Å². The highest BCUT2D eigenvalue weighted by molar-refractivity contribution is 9.10. The molecule has 1 aliphatic rings. The van der Waals surface area contributed by atoms with Crippen LogP contribution in [0.15, 0.2) is 22.7 Å². The van der Waals surface area contributed by atoms with Crippen molar-refractivity contribution in [2.24, 2.45) is 5.73 Å². The second-order valence-electron chi connectivity index (χ2n) is 4.84. The molecule has 1 heterocycles. The molecule has 0 radical (unpaired) electrons. The molecule has 0 bridgehead atoms. The molecule has 1 unspecified atom stereocenters. The minimum absolute atomic E-state index is 0.268. The average molecular weight is 297 g/mol. The van der Waals surface area contributed by atoms with Crippen molar-refractivity contribution in [2.45, 2.75) is 38.6 Å². The summed E-state index contributed by atoms with van der Waals surface area (Å²) in [5.74, 6) is 0. The third kappa shape index (κ3) is 3.23. The zero-order chi connectivity index (χ0) is 12.3. The molecule has 94 valence electrons. The monoisotopic (exact) mass is 296 g/mol. The predicted octanol–water partition coefficient (Wildman–Crippen LogP) is 3.33. The molecule has 2 nitrogen and oxygen atoms in total. The van der Waals surface area contributed by atoms with Crippen LogP contribution in [-0.4, -0.2) is 19.1 Å². The van der Waals surface area contributed by atoms with Gasteiger partial charge in [-0.1, -0.05) is 28.9 Å². The molecule has 3 heteroatoms. The first-order valence-electron chi connectivity index (χ1n) is 6.49. The Bertz CT molecular complexity index is 372. The molecule has 1 fully saturated rings. The summed E-state index contributed by atoms with van der Waals surface area (Å²) in [6.45, 7) is 4.53. The number of hydrogen-bond acceptors (Lipinski definition) is 2. The maximum atomic E-state index is 6.00. The Morgan fingerprint density at radius 3 is 2.65 bits per heavy atom. The second-order valence-corrected chi connectivity index (χ2v) is 5.70. The Hall–Kier alpha value is -0.540. The highest BCUT2D eigenvalue weighted by Gasteiger charge is 2.13. The molecule has 2 rings (SSSR count). The Morgan fingerprint density at radius 1 is 1.35 bits per heavy atom. The van der Waals surface area contributed by atoms with Crippen molar-refractivity contribution < 1.29 is 0 Å². The summed E-state index contributed by atoms with van der Waals surface area (Å²) in [5.41, 5.74) is 8.66. The fourth-order valence-corrected chi connectivity index (χ4v) is 2.83. The van der Waals surface area contributed by atoms with Gasteiger partial charge in [-0.3, -0.25) is 0 Å². The van der Waals surface area contributed by atoms with Crippen molar-refractivity contribution in [1.82, 2.24) is 0 Å². The zero-order valence-electron chi connectivity index (χ0n) is 10.5. The first kappa shape index (κ1) is 12.9. The summed E-state index contributed by atoms with van der Waals surface area (Å²) in [7, 11) is 0. The van der Waals surface area contributed by atoms with Crippen molar-refractivity contribution in [2.75, 3.05) is 18.0 Å². The Morgan fingerprint density at radius 2 is 2.06 bits per heavy atom. The quantitative estimate of drug-likeness (QED) is 0.923. The van der Waals surface area contributed by atoms with E-state index in [0.29, 0.717) is 0 Å². The van der Waals surface area contributed by atoms with E-state index >= 15 is 0 Å². The van der Waals surface area contributed by atoms with Crippen LogP contribution in [-0.2, 0) is 6.42 Å². The first-order chi connectivity index (χ1) is 8.20. The highest BCUT2D eigenvalue weighted by atomic mass is 79.9. The van der Waals surface area contributed by atoms with Gasteiger partial charge >= 0.3 is 0 Å². The second kappa shape index (κ2) is 5.87. The van der Waals surface area contributed by atoms with Gasteiger partial charge in [-0.25, -0.2) is 0 Å². The predicted molar refractivity (Wildman–Crippen MR) is 77.6 cm³/mol. The standard InChI is InChI=1S/C14H21BrN2/c1-2-12(16)9-11-5-6-13(10-14(11)15)17-7-3-4-8-17/h5-6,10,12H,2-4,7-9,16H2,1H3. The SMILES string of the molecule is CCC(N)Cc1ccc(N2CCCC2)cc1Br. The molecule has 1 saturated heterocycles. The van der Waals surface area contributed by atoms with Crippen LogP contribution in [0.1, 0.15) is 31.7 Å². The maximum absolute atomic E-state index is 6.00. The van der Waals surface area contributed by atoms with Crippen LogP contribution in [0, 0.1) is 0 Å². The number of nitrogens with zero attached hydrogens (tertiary/aromatic N) is 1. The number of anilines is 1. The van der Waals surface area contributed by atoms with Crippen LogP contribution in [0.25, 0.3) is 0 Å². The summed E-state index contributed by atoms with van der Waals surface area (Å²) in [5, 5.41) is 0. The molecule has 1 atom stereocenters. The number of benzene rings is 1. The van der Waals surface area contributed by atoms with Crippen LogP contribution >= 0.6 is 15.9 Å². The van der Waals surface area contributed by atoms with Crippen LogP contribution in [0.5, 0.6) is 0 Å². The maximum Gasteiger partial charge on any atom is 0.0377 e. The van der Waals surface area contributed by atoms with Gasteiger partial charge in [-0.05, 0) is 43.4 Å². The minimum Gasteiger partial charge on any atom is -0.372 e. The molecule has 17 heavy (non-hydrogen) atoms. The van der Waals surface area contributed by atoms with Crippen LogP contribution in [0.3, 0.4) is 0 Å². The summed E-state index contributed by atoms with van der Waals surface area (Å²) >= 11 is 3.67. The van der Waals surface area contributed by atoms with Gasteiger partial charge in [0.05, 0.1) is 0 Å². The molecular weight excluding hydrogens is 276 g/mol. The van der Waals surface area contributed by atoms with Crippen molar-refractivity contribution in [3.05, 3.63) is 28.2 Å². The molecule has 0 aromatic heterocycles. The fraction of sp³-hybridized carbons (Fsp3) is 0.571. The number of hydrogen-bond donors (Lipinski definition) is 1.